The van der Waals surface area contributed by atoms with Gasteiger partial charge in [0.2, 0.25) is 11.8 Å². The van der Waals surface area contributed by atoms with Crippen molar-refractivity contribution in [3.8, 4) is 0 Å². The summed E-state index contributed by atoms with van der Waals surface area (Å²) in [5.41, 5.74) is 4.12. The van der Waals surface area contributed by atoms with Crippen molar-refractivity contribution in [1.29, 1.82) is 0 Å². The number of carbonyl (C=O) groups excluding carboxylic acids is 2. The summed E-state index contributed by atoms with van der Waals surface area (Å²) in [5.74, 6) is -0.0420. The lowest BCUT2D eigenvalue weighted by molar-refractivity contribution is -0.130. The second-order valence-electron chi connectivity index (χ2n) is 5.94. The summed E-state index contributed by atoms with van der Waals surface area (Å²) in [6.07, 6.45) is 2.13. The van der Waals surface area contributed by atoms with E-state index in [9.17, 15) is 9.59 Å². The summed E-state index contributed by atoms with van der Waals surface area (Å²) in [4.78, 5) is 27.9. The van der Waals surface area contributed by atoms with Gasteiger partial charge in [0.25, 0.3) is 0 Å². The van der Waals surface area contributed by atoms with Crippen molar-refractivity contribution in [2.45, 2.75) is 40.5 Å². The van der Waals surface area contributed by atoms with Crippen LogP contribution in [0.25, 0.3) is 0 Å². The number of nitrogens with zero attached hydrogens (tertiary/aromatic N) is 2. The Kier molecular flexibility index (Phi) is 4.66. The minimum absolute atomic E-state index is 0.0436. The van der Waals surface area contributed by atoms with E-state index in [2.05, 4.69) is 12.1 Å². The fourth-order valence-electron chi connectivity index (χ4n) is 3.15. The average molecular weight is 288 g/mol. The Morgan fingerprint density at radius 1 is 1.10 bits per heavy atom. The van der Waals surface area contributed by atoms with Crippen LogP contribution in [-0.4, -0.2) is 36.3 Å². The number of amides is 2. The highest BCUT2D eigenvalue weighted by Gasteiger charge is 2.24. The largest absolute Gasteiger partial charge is 0.341 e. The number of rotatable bonds is 3. The predicted octanol–water partition coefficient (Wildman–Crippen LogP) is 2.59. The molecule has 1 aliphatic rings. The number of aryl methyl sites for hydroxylation is 3. The maximum atomic E-state index is 12.4. The molecule has 1 aromatic rings. The highest BCUT2D eigenvalue weighted by molar-refractivity contribution is 5.98. The molecular formula is C17H24N2O2. The van der Waals surface area contributed by atoms with Crippen molar-refractivity contribution in [3.05, 3.63) is 28.8 Å². The third-order valence-corrected chi connectivity index (χ3v) is 4.04. The summed E-state index contributed by atoms with van der Waals surface area (Å²) < 4.78 is 0. The molecule has 0 aliphatic carbocycles. The lowest BCUT2D eigenvalue weighted by Gasteiger charge is -2.27. The molecule has 1 saturated heterocycles. The van der Waals surface area contributed by atoms with Gasteiger partial charge in [-0.1, -0.05) is 17.7 Å². The van der Waals surface area contributed by atoms with Gasteiger partial charge in [-0.2, -0.15) is 0 Å². The number of hydrogen-bond acceptors (Lipinski definition) is 2. The van der Waals surface area contributed by atoms with Crippen LogP contribution < -0.4 is 4.90 Å². The number of hydrogen-bond donors (Lipinski definition) is 0. The molecule has 2 rings (SSSR count). The Bertz CT molecular complexity index is 537. The number of anilines is 1. The molecule has 1 aliphatic heterocycles. The van der Waals surface area contributed by atoms with Gasteiger partial charge in [0.15, 0.2) is 0 Å². The van der Waals surface area contributed by atoms with Gasteiger partial charge in [0.1, 0.15) is 6.54 Å². The molecule has 4 nitrogen and oxygen atoms in total. The van der Waals surface area contributed by atoms with E-state index >= 15 is 0 Å². The Hall–Kier alpha value is -1.84. The van der Waals surface area contributed by atoms with Crippen molar-refractivity contribution < 1.29 is 9.59 Å². The summed E-state index contributed by atoms with van der Waals surface area (Å²) in [7, 11) is 0. The molecular weight excluding hydrogens is 264 g/mol. The first kappa shape index (κ1) is 15.5. The maximum Gasteiger partial charge on any atom is 0.242 e. The summed E-state index contributed by atoms with van der Waals surface area (Å²) in [5, 5.41) is 0. The molecule has 2 amide bonds. The number of likely N-dealkylation sites (tertiary alicyclic amines) is 1. The molecule has 1 fully saturated rings. The monoisotopic (exact) mass is 288 g/mol. The molecule has 4 heteroatoms. The van der Waals surface area contributed by atoms with E-state index in [4.69, 9.17) is 0 Å². The van der Waals surface area contributed by atoms with Crippen LogP contribution in [0.3, 0.4) is 0 Å². The first-order valence-electron chi connectivity index (χ1n) is 7.54. The molecule has 0 unspecified atom stereocenters. The molecule has 0 N–H and O–H groups in total. The zero-order valence-electron chi connectivity index (χ0n) is 13.4. The van der Waals surface area contributed by atoms with Crippen LogP contribution in [0.4, 0.5) is 5.69 Å². The highest BCUT2D eigenvalue weighted by atomic mass is 16.2. The van der Waals surface area contributed by atoms with Crippen molar-refractivity contribution in [2.24, 2.45) is 0 Å². The fourth-order valence-corrected chi connectivity index (χ4v) is 3.15. The lowest BCUT2D eigenvalue weighted by atomic mass is 10.0. The fraction of sp³-hybridized carbons (Fsp3) is 0.529. The molecule has 21 heavy (non-hydrogen) atoms. The molecule has 0 saturated carbocycles. The van der Waals surface area contributed by atoms with Gasteiger partial charge in [-0.25, -0.2) is 0 Å². The topological polar surface area (TPSA) is 40.6 Å². The first-order chi connectivity index (χ1) is 9.90. The maximum absolute atomic E-state index is 12.4. The molecule has 0 spiro atoms. The van der Waals surface area contributed by atoms with Crippen molar-refractivity contribution in [1.82, 2.24) is 4.90 Å². The summed E-state index contributed by atoms with van der Waals surface area (Å²) in [6, 6.07) is 4.11. The van der Waals surface area contributed by atoms with Gasteiger partial charge in [0, 0.05) is 20.0 Å². The molecule has 1 heterocycles. The quantitative estimate of drug-likeness (QED) is 0.857. The minimum atomic E-state index is -0.0856. The van der Waals surface area contributed by atoms with Crippen LogP contribution >= 0.6 is 0 Å². The Labute approximate surface area is 126 Å². The first-order valence-corrected chi connectivity index (χ1v) is 7.54. The second kappa shape index (κ2) is 6.29. The van der Waals surface area contributed by atoms with Crippen molar-refractivity contribution in [2.75, 3.05) is 24.5 Å². The Morgan fingerprint density at radius 2 is 1.62 bits per heavy atom. The van der Waals surface area contributed by atoms with Gasteiger partial charge in [0.05, 0.1) is 5.69 Å². The SMILES string of the molecule is CC(=O)N(CC(=O)N1CCCC1)c1c(C)cc(C)cc1C. The van der Waals surface area contributed by atoms with E-state index in [1.165, 1.54) is 12.5 Å². The molecule has 0 aromatic heterocycles. The molecule has 114 valence electrons. The average Bonchev–Trinajstić information content (AvgIpc) is 2.89. The number of benzene rings is 1. The van der Waals surface area contributed by atoms with E-state index in [1.54, 1.807) is 4.90 Å². The lowest BCUT2D eigenvalue weighted by Crippen LogP contribution is -2.41. The third kappa shape index (κ3) is 3.43. The normalized spacial score (nSPS) is 14.4. The summed E-state index contributed by atoms with van der Waals surface area (Å²) >= 11 is 0. The minimum Gasteiger partial charge on any atom is -0.341 e. The van der Waals surface area contributed by atoms with Crippen LogP contribution in [0.5, 0.6) is 0 Å². The van der Waals surface area contributed by atoms with Crippen LogP contribution in [0.2, 0.25) is 0 Å². The third-order valence-electron chi connectivity index (χ3n) is 4.04. The molecule has 0 bridgehead atoms. The van der Waals surface area contributed by atoms with Crippen LogP contribution in [0.1, 0.15) is 36.5 Å². The van der Waals surface area contributed by atoms with Gasteiger partial charge >= 0.3 is 0 Å². The van der Waals surface area contributed by atoms with E-state index in [-0.39, 0.29) is 18.4 Å². The van der Waals surface area contributed by atoms with Gasteiger partial charge in [-0.3, -0.25) is 9.59 Å². The molecule has 0 radical (unpaired) electrons. The van der Waals surface area contributed by atoms with E-state index in [0.717, 1.165) is 42.7 Å². The number of carbonyl (C=O) groups is 2. The van der Waals surface area contributed by atoms with Crippen LogP contribution in [0, 0.1) is 20.8 Å². The van der Waals surface area contributed by atoms with E-state index < -0.39 is 0 Å². The van der Waals surface area contributed by atoms with Gasteiger partial charge in [-0.15, -0.1) is 0 Å². The summed E-state index contributed by atoms with van der Waals surface area (Å²) in [6.45, 7) is 9.32. The highest BCUT2D eigenvalue weighted by Crippen LogP contribution is 2.26. The molecule has 0 atom stereocenters. The zero-order chi connectivity index (χ0) is 15.6. The van der Waals surface area contributed by atoms with Crippen molar-refractivity contribution in [3.63, 3.8) is 0 Å². The second-order valence-corrected chi connectivity index (χ2v) is 5.94. The van der Waals surface area contributed by atoms with Gasteiger partial charge < -0.3 is 9.80 Å². The smallest absolute Gasteiger partial charge is 0.242 e. The van der Waals surface area contributed by atoms with Gasteiger partial charge in [-0.05, 0) is 44.7 Å². The van der Waals surface area contributed by atoms with Crippen LogP contribution in [0.15, 0.2) is 12.1 Å². The Morgan fingerprint density at radius 3 is 2.10 bits per heavy atom. The Balaban J connectivity index is 2.27. The van der Waals surface area contributed by atoms with E-state index in [1.807, 2.05) is 25.7 Å². The molecule has 1 aromatic carbocycles. The standard InChI is InChI=1S/C17H24N2O2/c1-12-9-13(2)17(14(3)10-12)19(15(4)20)11-16(21)18-7-5-6-8-18/h9-10H,5-8,11H2,1-4H3. The van der Waals surface area contributed by atoms with Crippen LogP contribution in [-0.2, 0) is 9.59 Å². The predicted molar refractivity (Wildman–Crippen MR) is 84.5 cm³/mol. The van der Waals surface area contributed by atoms with E-state index in [0.29, 0.717) is 0 Å². The van der Waals surface area contributed by atoms with Crippen molar-refractivity contribution >= 4 is 17.5 Å². The zero-order valence-corrected chi connectivity index (χ0v) is 13.4.